The van der Waals surface area contributed by atoms with E-state index in [1.807, 2.05) is 24.3 Å². The minimum Gasteiger partial charge on any atom is -0.398 e. The zero-order valence-corrected chi connectivity index (χ0v) is 16.8. The van der Waals surface area contributed by atoms with Crippen LogP contribution in [0.5, 0.6) is 0 Å². The summed E-state index contributed by atoms with van der Waals surface area (Å²) in [6.07, 6.45) is 3.36. The molecule has 1 aliphatic heterocycles. The lowest BCUT2D eigenvalue weighted by Gasteiger charge is -2.42. The molecule has 4 nitrogen and oxygen atoms in total. The van der Waals surface area contributed by atoms with E-state index in [1.54, 1.807) is 18.2 Å². The monoisotopic (exact) mass is 416 g/mol. The summed E-state index contributed by atoms with van der Waals surface area (Å²) in [5, 5.41) is 4.12. The number of rotatable bonds is 4. The highest BCUT2D eigenvalue weighted by Gasteiger charge is 2.55. The van der Waals surface area contributed by atoms with E-state index in [4.69, 9.17) is 28.9 Å². The highest BCUT2D eigenvalue weighted by Crippen LogP contribution is 2.55. The maximum atomic E-state index is 12.9. The molecule has 2 fully saturated rings. The normalized spacial score (nSPS) is 27.7. The molecule has 1 heterocycles. The van der Waals surface area contributed by atoms with Crippen LogP contribution in [-0.4, -0.2) is 18.7 Å². The second-order valence-corrected chi connectivity index (χ2v) is 8.72. The summed E-state index contributed by atoms with van der Waals surface area (Å²) >= 11 is 12.4. The molecule has 2 aromatic rings. The number of halogens is 2. The number of aldehydes is 1. The van der Waals surface area contributed by atoms with Crippen LogP contribution >= 0.6 is 23.2 Å². The van der Waals surface area contributed by atoms with Crippen LogP contribution in [-0.2, 0) is 15.0 Å². The highest BCUT2D eigenvalue weighted by atomic mass is 35.5. The van der Waals surface area contributed by atoms with Gasteiger partial charge in [0.05, 0.1) is 5.41 Å². The van der Waals surface area contributed by atoms with Crippen molar-refractivity contribution in [1.82, 2.24) is 5.32 Å². The zero-order valence-electron chi connectivity index (χ0n) is 15.3. The molecule has 2 aromatic carbocycles. The van der Waals surface area contributed by atoms with Gasteiger partial charge >= 0.3 is 0 Å². The third-order valence-corrected chi connectivity index (χ3v) is 6.69. The molecule has 28 heavy (non-hydrogen) atoms. The summed E-state index contributed by atoms with van der Waals surface area (Å²) in [6.45, 7) is 0.350. The molecule has 0 aromatic heterocycles. The van der Waals surface area contributed by atoms with E-state index in [-0.39, 0.29) is 17.7 Å². The van der Waals surface area contributed by atoms with Crippen LogP contribution in [0.1, 0.15) is 36.3 Å². The summed E-state index contributed by atoms with van der Waals surface area (Å²) in [5.41, 5.74) is 7.58. The first-order chi connectivity index (χ1) is 13.5. The average Bonchev–Trinajstić information content (AvgIpc) is 3.49. The molecule has 0 radical (unpaired) electrons. The third-order valence-electron chi connectivity index (χ3n) is 6.22. The van der Waals surface area contributed by atoms with Crippen LogP contribution < -0.4 is 11.1 Å². The Labute approximate surface area is 174 Å². The molecule has 1 saturated heterocycles. The van der Waals surface area contributed by atoms with Crippen molar-refractivity contribution in [2.45, 2.75) is 30.6 Å². The molecule has 146 valence electrons. The van der Waals surface area contributed by atoms with Crippen LogP contribution in [0.3, 0.4) is 0 Å². The van der Waals surface area contributed by atoms with Crippen molar-refractivity contribution in [3.8, 4) is 0 Å². The van der Waals surface area contributed by atoms with E-state index in [0.29, 0.717) is 34.6 Å². The van der Waals surface area contributed by atoms with Gasteiger partial charge in [0.1, 0.15) is 6.29 Å². The van der Waals surface area contributed by atoms with Gasteiger partial charge in [0.15, 0.2) is 0 Å². The number of anilines is 1. The Kier molecular flexibility index (Phi) is 5.11. The molecule has 1 aliphatic carbocycles. The fourth-order valence-corrected chi connectivity index (χ4v) is 5.18. The number of hydrogen-bond donors (Lipinski definition) is 2. The fraction of sp³-hybridized carbons (Fsp3) is 0.364. The van der Waals surface area contributed by atoms with E-state index in [1.165, 1.54) is 0 Å². The van der Waals surface area contributed by atoms with Crippen molar-refractivity contribution in [2.24, 2.45) is 11.8 Å². The molecule has 1 saturated carbocycles. The minimum atomic E-state index is -0.931. The second-order valence-electron chi connectivity index (χ2n) is 7.84. The van der Waals surface area contributed by atoms with Gasteiger partial charge < -0.3 is 15.8 Å². The molecule has 4 rings (SSSR count). The lowest BCUT2D eigenvalue weighted by molar-refractivity contribution is -0.122. The number of nitrogens with one attached hydrogen (secondary N) is 1. The summed E-state index contributed by atoms with van der Waals surface area (Å²) in [4.78, 5) is 25.5. The summed E-state index contributed by atoms with van der Waals surface area (Å²) < 4.78 is 0. The molecule has 1 amide bonds. The summed E-state index contributed by atoms with van der Waals surface area (Å²) in [7, 11) is 0. The van der Waals surface area contributed by atoms with Gasteiger partial charge in [-0.25, -0.2) is 0 Å². The first kappa shape index (κ1) is 19.3. The molecule has 0 spiro atoms. The van der Waals surface area contributed by atoms with Gasteiger partial charge in [-0.2, -0.15) is 0 Å². The van der Waals surface area contributed by atoms with Gasteiger partial charge in [-0.05, 0) is 60.1 Å². The maximum Gasteiger partial charge on any atom is 0.220 e. The number of nitrogens with two attached hydrogens (primary N) is 1. The summed E-state index contributed by atoms with van der Waals surface area (Å²) in [5.74, 6) is -0.102. The lowest BCUT2D eigenvalue weighted by atomic mass is 9.59. The van der Waals surface area contributed by atoms with Crippen LogP contribution in [0.2, 0.25) is 10.0 Å². The SMILES string of the molecule is Nc1cc(Cl)ccc1[C@@]1(C=O)[C@@H](c2cccc(Cl)c2)CNC(=O)C[C@@H]1C1CC1. The van der Waals surface area contributed by atoms with E-state index >= 15 is 0 Å². The van der Waals surface area contributed by atoms with Gasteiger partial charge in [-0.15, -0.1) is 0 Å². The summed E-state index contributed by atoms with van der Waals surface area (Å²) in [6, 6.07) is 12.8. The van der Waals surface area contributed by atoms with Gasteiger partial charge in [0.2, 0.25) is 5.91 Å². The highest BCUT2D eigenvalue weighted by molar-refractivity contribution is 6.31. The van der Waals surface area contributed by atoms with Crippen molar-refractivity contribution in [3.05, 3.63) is 63.6 Å². The Balaban J connectivity index is 1.97. The van der Waals surface area contributed by atoms with Crippen molar-refractivity contribution in [1.29, 1.82) is 0 Å². The van der Waals surface area contributed by atoms with Gasteiger partial charge in [0, 0.05) is 34.6 Å². The van der Waals surface area contributed by atoms with Crippen LogP contribution in [0.4, 0.5) is 5.69 Å². The Morgan fingerprint density at radius 1 is 1.11 bits per heavy atom. The van der Waals surface area contributed by atoms with Gasteiger partial charge in [-0.3, -0.25) is 4.79 Å². The van der Waals surface area contributed by atoms with E-state index < -0.39 is 5.41 Å². The van der Waals surface area contributed by atoms with E-state index in [2.05, 4.69) is 5.32 Å². The molecule has 0 unspecified atom stereocenters. The number of amides is 1. The van der Waals surface area contributed by atoms with Gasteiger partial charge in [-0.1, -0.05) is 41.4 Å². The predicted molar refractivity (Wildman–Crippen MR) is 112 cm³/mol. The number of benzene rings is 2. The van der Waals surface area contributed by atoms with Crippen molar-refractivity contribution < 1.29 is 9.59 Å². The molecule has 3 N–H and O–H groups in total. The average molecular weight is 417 g/mol. The molecule has 2 aliphatic rings. The molecular weight excluding hydrogens is 395 g/mol. The number of carbonyl (C=O) groups is 2. The first-order valence-corrected chi connectivity index (χ1v) is 10.2. The second kappa shape index (κ2) is 7.41. The molecule has 0 bridgehead atoms. The number of carbonyl (C=O) groups excluding carboxylic acids is 2. The fourth-order valence-electron chi connectivity index (χ4n) is 4.80. The van der Waals surface area contributed by atoms with E-state index in [9.17, 15) is 9.59 Å². The molecular formula is C22H22Cl2N2O2. The lowest BCUT2D eigenvalue weighted by Crippen LogP contribution is -2.45. The smallest absolute Gasteiger partial charge is 0.220 e. The maximum absolute atomic E-state index is 12.9. The minimum absolute atomic E-state index is 0.0276. The van der Waals surface area contributed by atoms with Crippen LogP contribution in [0.15, 0.2) is 42.5 Å². The number of nitrogen functional groups attached to an aromatic ring is 1. The Morgan fingerprint density at radius 2 is 1.86 bits per heavy atom. The van der Waals surface area contributed by atoms with Crippen LogP contribution in [0.25, 0.3) is 0 Å². The molecule has 3 atom stereocenters. The van der Waals surface area contributed by atoms with Crippen molar-refractivity contribution in [2.75, 3.05) is 12.3 Å². The topological polar surface area (TPSA) is 72.2 Å². The Bertz CT molecular complexity index is 929. The standard InChI is InChI=1S/C22H22Cl2N2O2/c23-15-3-1-2-14(8-15)19-11-26-21(28)10-18(13-4-5-13)22(19,12-27)17-7-6-16(24)9-20(17)25/h1-3,6-9,12-13,18-19H,4-5,10-11,25H2,(H,26,28)/t18-,19-,22-/m1/s1. The zero-order chi connectivity index (χ0) is 19.9. The quantitative estimate of drug-likeness (QED) is 0.574. The van der Waals surface area contributed by atoms with Crippen molar-refractivity contribution >= 4 is 41.1 Å². The van der Waals surface area contributed by atoms with E-state index in [0.717, 1.165) is 30.3 Å². The first-order valence-electron chi connectivity index (χ1n) is 9.49. The van der Waals surface area contributed by atoms with Crippen LogP contribution in [0, 0.1) is 11.8 Å². The predicted octanol–water partition coefficient (Wildman–Crippen LogP) is 4.34. The van der Waals surface area contributed by atoms with Gasteiger partial charge in [0.25, 0.3) is 0 Å². The molecule has 6 heteroatoms. The number of hydrogen-bond acceptors (Lipinski definition) is 3. The largest absolute Gasteiger partial charge is 0.398 e. The van der Waals surface area contributed by atoms with Crippen molar-refractivity contribution in [3.63, 3.8) is 0 Å². The Morgan fingerprint density at radius 3 is 2.50 bits per heavy atom. The Hall–Kier alpha value is -2.04. The third kappa shape index (κ3) is 3.29.